The topological polar surface area (TPSA) is 40.5 Å². The lowest BCUT2D eigenvalue weighted by molar-refractivity contribution is 0.0471. The molecule has 138 valence electrons. The number of rotatable bonds is 12. The van der Waals surface area contributed by atoms with E-state index in [9.17, 15) is 4.79 Å². The number of carbonyl (C=O) groups is 1. The van der Waals surface area contributed by atoms with Gasteiger partial charge in [0.05, 0.1) is 6.61 Å². The molecular weight excluding hydrogens is 302 g/mol. The minimum atomic E-state index is -0.638. The number of hydrogen-bond donors (Lipinski definition) is 0. The predicted molar refractivity (Wildman–Crippen MR) is 98.0 cm³/mol. The van der Waals surface area contributed by atoms with Crippen LogP contribution < -0.4 is 4.84 Å². The average Bonchev–Trinajstić information content (AvgIpc) is 3.00. The highest BCUT2D eigenvalue weighted by molar-refractivity contribution is 5.60. The summed E-state index contributed by atoms with van der Waals surface area (Å²) < 4.78 is 6.37. The number of ether oxygens (including phenoxy) is 1. The molecule has 24 heavy (non-hydrogen) atoms. The van der Waals surface area contributed by atoms with E-state index < -0.39 is 6.16 Å². The summed E-state index contributed by atoms with van der Waals surface area (Å²) in [5.74, 6) is 0. The zero-order chi connectivity index (χ0) is 17.7. The van der Waals surface area contributed by atoms with E-state index >= 15 is 0 Å². The second-order valence-electron chi connectivity index (χ2n) is 7.73. The van der Waals surface area contributed by atoms with Crippen LogP contribution in [0.3, 0.4) is 0 Å². The molecule has 0 unspecified atom stereocenters. The van der Waals surface area contributed by atoms with Gasteiger partial charge in [-0.3, -0.25) is 0 Å². The SMILES string of the molecule is CC(C)(C)CCCCCCCCCCCOC(=O)On1cccc1. The molecule has 0 aliphatic rings. The third kappa shape index (κ3) is 12.0. The van der Waals surface area contributed by atoms with E-state index in [0.717, 1.165) is 12.8 Å². The van der Waals surface area contributed by atoms with E-state index in [4.69, 9.17) is 9.57 Å². The van der Waals surface area contributed by atoms with Crippen LogP contribution in [-0.4, -0.2) is 17.5 Å². The fourth-order valence-corrected chi connectivity index (χ4v) is 2.64. The summed E-state index contributed by atoms with van der Waals surface area (Å²) >= 11 is 0. The fraction of sp³-hybridized carbons (Fsp3) is 0.750. The fourth-order valence-electron chi connectivity index (χ4n) is 2.64. The highest BCUT2D eigenvalue weighted by Crippen LogP contribution is 2.22. The van der Waals surface area contributed by atoms with Gasteiger partial charge < -0.3 is 9.57 Å². The van der Waals surface area contributed by atoms with Gasteiger partial charge in [-0.1, -0.05) is 72.1 Å². The summed E-state index contributed by atoms with van der Waals surface area (Å²) in [5.41, 5.74) is 0.483. The maximum absolute atomic E-state index is 11.4. The van der Waals surface area contributed by atoms with Crippen molar-refractivity contribution in [2.45, 2.75) is 85.0 Å². The quantitative estimate of drug-likeness (QED) is 0.347. The van der Waals surface area contributed by atoms with E-state index in [2.05, 4.69) is 20.8 Å². The van der Waals surface area contributed by atoms with Gasteiger partial charge in [-0.05, 0) is 30.4 Å². The summed E-state index contributed by atoms with van der Waals surface area (Å²) in [7, 11) is 0. The van der Waals surface area contributed by atoms with Crippen molar-refractivity contribution >= 4 is 6.16 Å². The molecule has 0 N–H and O–H groups in total. The van der Waals surface area contributed by atoms with Gasteiger partial charge in [0, 0.05) is 12.4 Å². The highest BCUT2D eigenvalue weighted by Gasteiger charge is 2.08. The Morgan fingerprint density at radius 2 is 1.33 bits per heavy atom. The van der Waals surface area contributed by atoms with Crippen molar-refractivity contribution in [1.82, 2.24) is 4.73 Å². The van der Waals surface area contributed by atoms with E-state index in [0.29, 0.717) is 12.0 Å². The maximum Gasteiger partial charge on any atom is 0.533 e. The summed E-state index contributed by atoms with van der Waals surface area (Å²) in [4.78, 5) is 16.3. The minimum absolute atomic E-state index is 0.437. The molecule has 0 aliphatic heterocycles. The van der Waals surface area contributed by atoms with Crippen molar-refractivity contribution < 1.29 is 14.4 Å². The smallest absolute Gasteiger partial charge is 0.433 e. The zero-order valence-corrected chi connectivity index (χ0v) is 15.8. The lowest BCUT2D eigenvalue weighted by Crippen LogP contribution is -2.19. The van der Waals surface area contributed by atoms with Gasteiger partial charge in [-0.2, -0.15) is 4.73 Å². The minimum Gasteiger partial charge on any atom is -0.433 e. The molecular formula is C20H35NO3. The van der Waals surface area contributed by atoms with Crippen LogP contribution in [0.15, 0.2) is 24.5 Å². The molecule has 0 amide bonds. The number of unbranched alkanes of at least 4 members (excludes halogenated alkanes) is 8. The maximum atomic E-state index is 11.4. The molecule has 1 aromatic heterocycles. The van der Waals surface area contributed by atoms with Crippen molar-refractivity contribution in [3.8, 4) is 0 Å². The Balaban J connectivity index is 1.80. The van der Waals surface area contributed by atoms with Crippen LogP contribution in [0.2, 0.25) is 0 Å². The van der Waals surface area contributed by atoms with E-state index in [1.54, 1.807) is 24.5 Å². The largest absolute Gasteiger partial charge is 0.533 e. The first-order valence-corrected chi connectivity index (χ1v) is 9.45. The molecule has 4 heteroatoms. The number of aromatic nitrogens is 1. The van der Waals surface area contributed by atoms with Crippen molar-refractivity contribution in [1.29, 1.82) is 0 Å². The molecule has 1 rings (SSSR count). The second-order valence-corrected chi connectivity index (χ2v) is 7.73. The first-order valence-electron chi connectivity index (χ1n) is 9.45. The van der Waals surface area contributed by atoms with Crippen LogP contribution in [0.4, 0.5) is 4.79 Å². The van der Waals surface area contributed by atoms with Crippen LogP contribution in [-0.2, 0) is 4.74 Å². The zero-order valence-electron chi connectivity index (χ0n) is 15.8. The number of nitrogens with zero attached hydrogens (tertiary/aromatic N) is 1. The first kappa shape index (κ1) is 20.6. The molecule has 4 nitrogen and oxygen atoms in total. The molecule has 1 aromatic rings. The van der Waals surface area contributed by atoms with Crippen molar-refractivity contribution in [3.63, 3.8) is 0 Å². The van der Waals surface area contributed by atoms with Crippen LogP contribution in [0, 0.1) is 5.41 Å². The lowest BCUT2D eigenvalue weighted by atomic mass is 9.89. The molecule has 0 saturated carbocycles. The Kier molecular flexibility index (Phi) is 10.3. The monoisotopic (exact) mass is 337 g/mol. The Labute approximate surface area is 147 Å². The van der Waals surface area contributed by atoms with Gasteiger partial charge in [0.15, 0.2) is 0 Å². The Morgan fingerprint density at radius 1 is 0.833 bits per heavy atom. The van der Waals surface area contributed by atoms with Gasteiger partial charge in [0.2, 0.25) is 0 Å². The Hall–Kier alpha value is -1.45. The molecule has 0 saturated heterocycles. The van der Waals surface area contributed by atoms with Crippen molar-refractivity contribution in [2.24, 2.45) is 5.41 Å². The van der Waals surface area contributed by atoms with Gasteiger partial charge in [-0.25, -0.2) is 4.79 Å². The van der Waals surface area contributed by atoms with Gasteiger partial charge in [-0.15, -0.1) is 0 Å². The summed E-state index contributed by atoms with van der Waals surface area (Å²) in [6, 6.07) is 3.58. The van der Waals surface area contributed by atoms with Crippen molar-refractivity contribution in [2.75, 3.05) is 6.61 Å². The second kappa shape index (κ2) is 12.0. The van der Waals surface area contributed by atoms with Crippen LogP contribution >= 0.6 is 0 Å². The van der Waals surface area contributed by atoms with Crippen LogP contribution in [0.5, 0.6) is 0 Å². The van der Waals surface area contributed by atoms with Crippen molar-refractivity contribution in [3.05, 3.63) is 24.5 Å². The highest BCUT2D eigenvalue weighted by atomic mass is 16.8. The number of carbonyl (C=O) groups excluding carboxylic acids is 1. The van der Waals surface area contributed by atoms with Gasteiger partial charge in [0.1, 0.15) is 0 Å². The standard InChI is InChI=1S/C20H35NO3/c1-20(2,3)15-11-9-7-5-4-6-8-10-14-18-23-19(22)24-21-16-12-13-17-21/h12-13,16-17H,4-11,14-15,18H2,1-3H3. The normalized spacial score (nSPS) is 11.5. The number of hydrogen-bond acceptors (Lipinski definition) is 3. The molecule has 1 heterocycles. The van der Waals surface area contributed by atoms with Gasteiger partial charge >= 0.3 is 6.16 Å². The summed E-state index contributed by atoms with van der Waals surface area (Å²) in [6.45, 7) is 7.39. The Morgan fingerprint density at radius 3 is 1.88 bits per heavy atom. The van der Waals surface area contributed by atoms with Crippen LogP contribution in [0.1, 0.15) is 85.0 Å². The van der Waals surface area contributed by atoms with E-state index in [1.165, 1.54) is 56.1 Å². The summed E-state index contributed by atoms with van der Waals surface area (Å²) in [5, 5.41) is 0. The third-order valence-corrected chi connectivity index (χ3v) is 4.05. The molecule has 0 atom stereocenters. The Bertz CT molecular complexity index is 421. The average molecular weight is 338 g/mol. The van der Waals surface area contributed by atoms with Crippen LogP contribution in [0.25, 0.3) is 0 Å². The molecule has 0 fully saturated rings. The molecule has 0 bridgehead atoms. The predicted octanol–water partition coefficient (Wildman–Crippen LogP) is 6.00. The third-order valence-electron chi connectivity index (χ3n) is 4.05. The molecule has 0 radical (unpaired) electrons. The lowest BCUT2D eigenvalue weighted by Gasteiger charge is -2.17. The van der Waals surface area contributed by atoms with Gasteiger partial charge in [0.25, 0.3) is 0 Å². The first-order chi connectivity index (χ1) is 11.5. The van der Waals surface area contributed by atoms with E-state index in [-0.39, 0.29) is 0 Å². The summed E-state index contributed by atoms with van der Waals surface area (Å²) in [6.07, 6.45) is 15.3. The molecule has 0 aromatic carbocycles. The molecule has 0 spiro atoms. The van der Waals surface area contributed by atoms with E-state index in [1.807, 2.05) is 0 Å². The molecule has 0 aliphatic carbocycles.